The number of benzene rings is 2. The van der Waals surface area contributed by atoms with Crippen molar-refractivity contribution in [2.75, 3.05) is 7.11 Å². The van der Waals surface area contributed by atoms with Crippen molar-refractivity contribution in [3.05, 3.63) is 98.9 Å². The van der Waals surface area contributed by atoms with Gasteiger partial charge in [0.25, 0.3) is 5.91 Å². The van der Waals surface area contributed by atoms with E-state index < -0.39 is 29.5 Å². The molecule has 2 heterocycles. The molecule has 1 aliphatic heterocycles. The summed E-state index contributed by atoms with van der Waals surface area (Å²) in [5.74, 6) is -2.23. The summed E-state index contributed by atoms with van der Waals surface area (Å²) in [5.41, 5.74) is 1.51. The van der Waals surface area contributed by atoms with Gasteiger partial charge in [0.15, 0.2) is 5.76 Å². The van der Waals surface area contributed by atoms with Gasteiger partial charge in [-0.3, -0.25) is 9.59 Å². The summed E-state index contributed by atoms with van der Waals surface area (Å²) in [6, 6.07) is 15.2. The first kappa shape index (κ1) is 21.3. The number of esters is 1. The van der Waals surface area contributed by atoms with Gasteiger partial charge < -0.3 is 19.8 Å². The number of carbonyl (C=O) groups is 3. The van der Waals surface area contributed by atoms with Crippen LogP contribution in [0.15, 0.2) is 77.4 Å². The highest BCUT2D eigenvalue weighted by molar-refractivity contribution is 7.12. The van der Waals surface area contributed by atoms with E-state index in [4.69, 9.17) is 4.74 Å². The van der Waals surface area contributed by atoms with Crippen LogP contribution in [-0.2, 0) is 16.1 Å². The highest BCUT2D eigenvalue weighted by Crippen LogP contribution is 2.41. The van der Waals surface area contributed by atoms with Gasteiger partial charge in [-0.05, 0) is 46.8 Å². The monoisotopic (exact) mass is 449 g/mol. The van der Waals surface area contributed by atoms with E-state index in [1.165, 1.54) is 35.5 Å². The van der Waals surface area contributed by atoms with Crippen molar-refractivity contribution in [1.82, 2.24) is 4.90 Å². The first-order valence-corrected chi connectivity index (χ1v) is 10.6. The first-order valence-electron chi connectivity index (χ1n) is 9.69. The van der Waals surface area contributed by atoms with Gasteiger partial charge >= 0.3 is 5.97 Å². The zero-order valence-corrected chi connectivity index (χ0v) is 17.8. The standard InChI is InChI=1S/C24H19NO6S/c1-31-24(30)15-9-7-14(8-10-15)13-25-20(16-4-2-5-17(26)12-16)19(22(28)23(25)29)21(27)18-6-3-11-32-18/h2-12,20,26,28H,13H2,1H3. The molecule has 8 heteroatoms. The number of rotatable bonds is 6. The van der Waals surface area contributed by atoms with Gasteiger partial charge in [0.1, 0.15) is 5.75 Å². The number of carbonyl (C=O) groups excluding carboxylic acids is 3. The second kappa shape index (κ2) is 8.68. The van der Waals surface area contributed by atoms with E-state index in [2.05, 4.69) is 0 Å². The molecule has 7 nitrogen and oxygen atoms in total. The molecule has 0 bridgehead atoms. The van der Waals surface area contributed by atoms with Crippen LogP contribution in [0.1, 0.15) is 37.2 Å². The van der Waals surface area contributed by atoms with E-state index in [-0.39, 0.29) is 17.9 Å². The van der Waals surface area contributed by atoms with Crippen molar-refractivity contribution >= 4 is 29.0 Å². The maximum atomic E-state index is 13.2. The van der Waals surface area contributed by atoms with Crippen molar-refractivity contribution in [1.29, 1.82) is 0 Å². The second-order valence-electron chi connectivity index (χ2n) is 7.19. The third kappa shape index (κ3) is 3.88. The third-order valence-corrected chi connectivity index (χ3v) is 6.08. The van der Waals surface area contributed by atoms with Crippen molar-refractivity contribution in [2.24, 2.45) is 0 Å². The number of ether oxygens (including phenoxy) is 1. The Hall–Kier alpha value is -3.91. The minimum absolute atomic E-state index is 0.0216. The quantitative estimate of drug-likeness (QED) is 0.435. The van der Waals surface area contributed by atoms with E-state index in [0.29, 0.717) is 21.6 Å². The van der Waals surface area contributed by atoms with Crippen molar-refractivity contribution in [3.8, 4) is 5.75 Å². The Balaban J connectivity index is 1.73. The summed E-state index contributed by atoms with van der Waals surface area (Å²) < 4.78 is 4.70. The van der Waals surface area contributed by atoms with Crippen LogP contribution in [0.25, 0.3) is 0 Å². The number of methoxy groups -OCH3 is 1. The Bertz CT molecular complexity index is 1210. The Morgan fingerprint density at radius 2 is 1.81 bits per heavy atom. The fourth-order valence-electron chi connectivity index (χ4n) is 3.69. The molecule has 0 saturated heterocycles. The van der Waals surface area contributed by atoms with Crippen LogP contribution in [-0.4, -0.2) is 39.9 Å². The number of Topliss-reactive ketones (excluding diaryl/α,β-unsaturated/α-hetero) is 1. The summed E-state index contributed by atoms with van der Waals surface area (Å²) >= 11 is 1.22. The summed E-state index contributed by atoms with van der Waals surface area (Å²) in [6.07, 6.45) is 0. The largest absolute Gasteiger partial charge is 0.508 e. The lowest BCUT2D eigenvalue weighted by Gasteiger charge is -2.27. The van der Waals surface area contributed by atoms with Gasteiger partial charge in [-0.15, -0.1) is 11.3 Å². The van der Waals surface area contributed by atoms with Crippen molar-refractivity contribution in [3.63, 3.8) is 0 Å². The number of ketones is 1. The molecule has 1 aliphatic rings. The van der Waals surface area contributed by atoms with Gasteiger partial charge in [0.2, 0.25) is 5.78 Å². The van der Waals surface area contributed by atoms with Crippen molar-refractivity contribution in [2.45, 2.75) is 12.6 Å². The zero-order chi connectivity index (χ0) is 22.8. The predicted molar refractivity (Wildman–Crippen MR) is 117 cm³/mol. The number of phenolic OH excluding ortho intramolecular Hbond substituents is 1. The summed E-state index contributed by atoms with van der Waals surface area (Å²) in [7, 11) is 1.29. The van der Waals surface area contributed by atoms with E-state index in [1.807, 2.05) is 0 Å². The molecule has 0 radical (unpaired) electrons. The lowest BCUT2D eigenvalue weighted by atomic mass is 9.95. The molecule has 2 aromatic carbocycles. The molecular formula is C24H19NO6S. The van der Waals surface area contributed by atoms with Crippen LogP contribution < -0.4 is 0 Å². The molecule has 1 unspecified atom stereocenters. The summed E-state index contributed by atoms with van der Waals surface area (Å²) in [5, 5.41) is 22.4. The molecule has 1 atom stereocenters. The van der Waals surface area contributed by atoms with Crippen LogP contribution in [0.3, 0.4) is 0 Å². The Labute approximate surface area is 187 Å². The fourth-order valence-corrected chi connectivity index (χ4v) is 4.37. The number of thiophene rings is 1. The molecule has 0 spiro atoms. The molecule has 0 aliphatic carbocycles. The molecule has 32 heavy (non-hydrogen) atoms. The van der Waals surface area contributed by atoms with Crippen LogP contribution in [0.4, 0.5) is 0 Å². The number of amides is 1. The SMILES string of the molecule is COC(=O)c1ccc(CN2C(=O)C(O)=C(C(=O)c3cccs3)C2c2cccc(O)c2)cc1. The van der Waals surface area contributed by atoms with Crippen molar-refractivity contribution < 1.29 is 29.3 Å². The zero-order valence-electron chi connectivity index (χ0n) is 17.0. The highest BCUT2D eigenvalue weighted by atomic mass is 32.1. The maximum absolute atomic E-state index is 13.2. The fraction of sp³-hybridized carbons (Fsp3) is 0.125. The van der Waals surface area contributed by atoms with E-state index in [0.717, 1.165) is 0 Å². The number of nitrogens with zero attached hydrogens (tertiary/aromatic N) is 1. The van der Waals surface area contributed by atoms with Crippen LogP contribution in [0.5, 0.6) is 5.75 Å². The van der Waals surface area contributed by atoms with Crippen LogP contribution in [0, 0.1) is 0 Å². The number of aromatic hydroxyl groups is 1. The topological polar surface area (TPSA) is 104 Å². The third-order valence-electron chi connectivity index (χ3n) is 5.21. The number of hydrogen-bond acceptors (Lipinski definition) is 7. The lowest BCUT2D eigenvalue weighted by Crippen LogP contribution is -2.30. The average molecular weight is 449 g/mol. The molecule has 0 saturated carbocycles. The second-order valence-corrected chi connectivity index (χ2v) is 8.14. The van der Waals surface area contributed by atoms with E-state index in [9.17, 15) is 24.6 Å². The molecular weight excluding hydrogens is 430 g/mol. The minimum Gasteiger partial charge on any atom is -0.508 e. The number of phenols is 1. The number of aliphatic hydroxyl groups is 1. The molecule has 4 rings (SSSR count). The summed E-state index contributed by atoms with van der Waals surface area (Å²) in [4.78, 5) is 39.6. The van der Waals surface area contributed by atoms with Gasteiger partial charge in [0, 0.05) is 6.54 Å². The molecule has 0 fully saturated rings. The molecule has 1 amide bonds. The number of aliphatic hydroxyl groups excluding tert-OH is 1. The number of hydrogen-bond donors (Lipinski definition) is 2. The molecule has 3 aromatic rings. The smallest absolute Gasteiger partial charge is 0.337 e. The molecule has 1 aromatic heterocycles. The van der Waals surface area contributed by atoms with Gasteiger partial charge in [-0.25, -0.2) is 4.79 Å². The average Bonchev–Trinajstić information content (AvgIpc) is 3.42. The normalized spacial score (nSPS) is 15.8. The maximum Gasteiger partial charge on any atom is 0.337 e. The Morgan fingerprint density at radius 1 is 1.06 bits per heavy atom. The van der Waals surface area contributed by atoms with Crippen LogP contribution in [0.2, 0.25) is 0 Å². The van der Waals surface area contributed by atoms with E-state index in [1.54, 1.807) is 53.9 Å². The Morgan fingerprint density at radius 3 is 2.44 bits per heavy atom. The first-order chi connectivity index (χ1) is 15.4. The van der Waals surface area contributed by atoms with E-state index >= 15 is 0 Å². The minimum atomic E-state index is -0.885. The highest BCUT2D eigenvalue weighted by Gasteiger charge is 2.44. The molecule has 2 N–H and O–H groups in total. The van der Waals surface area contributed by atoms with Gasteiger partial charge in [0.05, 0.1) is 29.2 Å². The lowest BCUT2D eigenvalue weighted by molar-refractivity contribution is -0.130. The molecule has 162 valence electrons. The van der Waals surface area contributed by atoms with Gasteiger partial charge in [-0.2, -0.15) is 0 Å². The Kier molecular flexibility index (Phi) is 5.79. The summed E-state index contributed by atoms with van der Waals surface area (Å²) in [6.45, 7) is 0.0753. The van der Waals surface area contributed by atoms with Crippen LogP contribution >= 0.6 is 11.3 Å². The van der Waals surface area contributed by atoms with Gasteiger partial charge in [-0.1, -0.05) is 30.3 Å². The predicted octanol–water partition coefficient (Wildman–Crippen LogP) is 4.02.